The molecule has 0 spiro atoms. The highest BCUT2D eigenvalue weighted by molar-refractivity contribution is 6.24. The molecule has 1 aromatic carbocycles. The first kappa shape index (κ1) is 27.7. The van der Waals surface area contributed by atoms with E-state index in [0.29, 0.717) is 24.3 Å². The molecule has 38 heavy (non-hydrogen) atoms. The molecule has 4 rings (SSSR count). The van der Waals surface area contributed by atoms with E-state index >= 15 is 0 Å². The third-order valence-corrected chi connectivity index (χ3v) is 8.09. The maximum absolute atomic E-state index is 14.3. The number of primary amides is 1. The second-order valence-corrected chi connectivity index (χ2v) is 10.7. The van der Waals surface area contributed by atoms with E-state index < -0.39 is 52.3 Å². The van der Waals surface area contributed by atoms with Crippen LogP contribution in [0.2, 0.25) is 0 Å². The summed E-state index contributed by atoms with van der Waals surface area (Å²) in [7, 11) is 8.39. The molecule has 3 aliphatic rings. The van der Waals surface area contributed by atoms with Crippen molar-refractivity contribution in [3.8, 4) is 5.75 Å². The summed E-state index contributed by atoms with van der Waals surface area (Å²) in [5, 5.41) is 23.0. The van der Waals surface area contributed by atoms with Gasteiger partial charge in [0.2, 0.25) is 5.78 Å². The van der Waals surface area contributed by atoms with Gasteiger partial charge >= 0.3 is 0 Å². The van der Waals surface area contributed by atoms with Crippen molar-refractivity contribution in [3.05, 3.63) is 40.2 Å². The second kappa shape index (κ2) is 10.1. The number of nitrogens with two attached hydrogens (primary N) is 1. The van der Waals surface area contributed by atoms with Crippen molar-refractivity contribution < 1.29 is 34.1 Å². The maximum Gasteiger partial charge on any atom is 0.255 e. The lowest BCUT2D eigenvalue weighted by Gasteiger charge is -2.52. The first-order valence-corrected chi connectivity index (χ1v) is 12.9. The molecule has 1 amide bonds. The lowest BCUT2D eigenvalue weighted by Crippen LogP contribution is -2.66. The van der Waals surface area contributed by atoms with Crippen LogP contribution >= 0.6 is 0 Å². The number of ether oxygens (including phenoxy) is 2. The number of aliphatic hydroxyl groups excluding tert-OH is 2. The molecular formula is C28H37N3O7. The van der Waals surface area contributed by atoms with Crippen molar-refractivity contribution in [1.82, 2.24) is 4.90 Å². The number of benzene rings is 1. The highest BCUT2D eigenvalue weighted by Gasteiger charge is 2.65. The Morgan fingerprint density at radius 2 is 1.87 bits per heavy atom. The largest absolute Gasteiger partial charge is 0.508 e. The number of unbranched alkanes of at least 4 members (excludes halogenated alkanes) is 1. The Morgan fingerprint density at radius 3 is 2.42 bits per heavy atom. The number of hydrogen-bond donors (Lipinski definition) is 3. The average molecular weight is 528 g/mol. The minimum Gasteiger partial charge on any atom is -0.508 e. The molecule has 1 aromatic rings. The van der Waals surface area contributed by atoms with Crippen molar-refractivity contribution in [2.45, 2.75) is 44.2 Å². The number of rotatable bonds is 8. The highest BCUT2D eigenvalue weighted by atomic mass is 16.5. The average Bonchev–Trinajstić information content (AvgIpc) is 2.83. The van der Waals surface area contributed by atoms with E-state index in [-0.39, 0.29) is 17.8 Å². The summed E-state index contributed by atoms with van der Waals surface area (Å²) in [6.07, 6.45) is 2.42. The summed E-state index contributed by atoms with van der Waals surface area (Å²) in [6, 6.07) is 2.77. The van der Waals surface area contributed by atoms with Crippen LogP contribution in [-0.2, 0) is 25.5 Å². The van der Waals surface area contributed by atoms with Gasteiger partial charge in [0.25, 0.3) is 5.91 Å². The van der Waals surface area contributed by atoms with Crippen LogP contribution < -0.4 is 15.4 Å². The minimum absolute atomic E-state index is 0.0917. The number of anilines is 1. The summed E-state index contributed by atoms with van der Waals surface area (Å²) in [6.45, 7) is 2.50. The zero-order valence-electron chi connectivity index (χ0n) is 22.8. The maximum atomic E-state index is 14.3. The summed E-state index contributed by atoms with van der Waals surface area (Å²) >= 11 is 0. The van der Waals surface area contributed by atoms with Gasteiger partial charge in [-0.25, -0.2) is 0 Å². The Morgan fingerprint density at radius 1 is 1.18 bits per heavy atom. The van der Waals surface area contributed by atoms with E-state index in [1.165, 1.54) is 7.11 Å². The number of nitrogens with zero attached hydrogens (tertiary/aromatic N) is 2. The van der Waals surface area contributed by atoms with E-state index in [2.05, 4.69) is 6.92 Å². The molecule has 3 aliphatic carbocycles. The number of hydrogen-bond acceptors (Lipinski definition) is 9. The zero-order chi connectivity index (χ0) is 28.1. The zero-order valence-corrected chi connectivity index (χ0v) is 22.8. The van der Waals surface area contributed by atoms with Crippen LogP contribution in [-0.4, -0.2) is 86.1 Å². The Bertz CT molecular complexity index is 1250. The quantitative estimate of drug-likeness (QED) is 0.342. The van der Waals surface area contributed by atoms with Gasteiger partial charge in [0.15, 0.2) is 11.4 Å². The second-order valence-electron chi connectivity index (χ2n) is 10.7. The SMILES string of the molecule is CCCCOc1ccc(N(C)C)c2c1C(O)=C1C(=O)[C@]3(OC)C(O)=C(C(N)=O)C(=O)[C@@H](N(C)C)[C@@H]3C[C@@H]1C2. The van der Waals surface area contributed by atoms with Crippen LogP contribution in [0.1, 0.15) is 37.3 Å². The Labute approximate surface area is 222 Å². The van der Waals surface area contributed by atoms with Gasteiger partial charge < -0.3 is 30.3 Å². The predicted molar refractivity (Wildman–Crippen MR) is 142 cm³/mol. The monoisotopic (exact) mass is 527 g/mol. The number of fused-ring (bicyclic) bond motifs is 3. The van der Waals surface area contributed by atoms with Crippen molar-refractivity contribution >= 4 is 28.9 Å². The van der Waals surface area contributed by atoms with Crippen molar-refractivity contribution in [3.63, 3.8) is 0 Å². The fraction of sp³-hybridized carbons (Fsp3) is 0.536. The number of Topliss-reactive ketones (excluding diaryl/α,β-unsaturated/α-hetero) is 2. The van der Waals surface area contributed by atoms with E-state index in [1.807, 2.05) is 25.1 Å². The van der Waals surface area contributed by atoms with Crippen LogP contribution in [0.5, 0.6) is 5.75 Å². The first-order chi connectivity index (χ1) is 17.9. The van der Waals surface area contributed by atoms with Crippen molar-refractivity contribution in [2.24, 2.45) is 17.6 Å². The number of carbonyl (C=O) groups is 3. The standard InChI is InChI=1S/C28H37N3O7/c1-7-8-11-38-18-10-9-17(30(2)3)15-12-14-13-16-22(31(4)5)24(33)21(27(29)36)26(35)28(16,37-6)25(34)19(14)23(32)20(15)18/h9-10,14,16,22,32,35H,7-8,11-13H2,1-6H3,(H2,29,36)/t14-,16-,22-,28-/m0/s1. The fourth-order valence-electron chi connectivity index (χ4n) is 6.40. The summed E-state index contributed by atoms with van der Waals surface area (Å²) in [5.41, 5.74) is 5.04. The van der Waals surface area contributed by atoms with Crippen LogP contribution in [0.3, 0.4) is 0 Å². The number of aliphatic hydroxyl groups is 2. The third-order valence-electron chi connectivity index (χ3n) is 8.09. The van der Waals surface area contributed by atoms with Gasteiger partial charge in [-0.05, 0) is 57.0 Å². The lowest BCUT2D eigenvalue weighted by molar-refractivity contribution is -0.159. The van der Waals surface area contributed by atoms with Crippen LogP contribution in [0.15, 0.2) is 29.0 Å². The lowest BCUT2D eigenvalue weighted by atomic mass is 9.57. The number of amides is 1. The molecule has 0 aliphatic heterocycles. The van der Waals surface area contributed by atoms with E-state index in [1.54, 1.807) is 25.1 Å². The molecule has 10 heteroatoms. The molecule has 0 radical (unpaired) electrons. The van der Waals surface area contributed by atoms with Crippen LogP contribution in [0.4, 0.5) is 5.69 Å². The predicted octanol–water partition coefficient (Wildman–Crippen LogP) is 2.16. The van der Waals surface area contributed by atoms with Gasteiger partial charge in [0, 0.05) is 38.4 Å². The fourth-order valence-corrected chi connectivity index (χ4v) is 6.40. The molecule has 4 atom stereocenters. The normalized spacial score (nSPS) is 26.8. The van der Waals surface area contributed by atoms with E-state index in [0.717, 1.165) is 24.1 Å². The Kier molecular flexibility index (Phi) is 7.33. The molecule has 10 nitrogen and oxygen atoms in total. The van der Waals surface area contributed by atoms with Crippen LogP contribution in [0, 0.1) is 11.8 Å². The van der Waals surface area contributed by atoms with E-state index in [9.17, 15) is 24.6 Å². The van der Waals surface area contributed by atoms with Crippen LogP contribution in [0.25, 0.3) is 5.76 Å². The van der Waals surface area contributed by atoms with Gasteiger partial charge in [-0.15, -0.1) is 0 Å². The first-order valence-electron chi connectivity index (χ1n) is 12.9. The number of carbonyl (C=O) groups excluding carboxylic acids is 3. The third kappa shape index (κ3) is 3.89. The summed E-state index contributed by atoms with van der Waals surface area (Å²) in [4.78, 5) is 43.5. The van der Waals surface area contributed by atoms with Gasteiger partial charge in [-0.1, -0.05) is 13.3 Å². The smallest absolute Gasteiger partial charge is 0.255 e. The molecule has 1 saturated carbocycles. The Balaban J connectivity index is 1.98. The van der Waals surface area contributed by atoms with Gasteiger partial charge in [0.05, 0.1) is 18.2 Å². The highest BCUT2D eigenvalue weighted by Crippen LogP contribution is 2.54. The molecular weight excluding hydrogens is 490 g/mol. The topological polar surface area (TPSA) is 143 Å². The minimum atomic E-state index is -2.05. The van der Waals surface area contributed by atoms with Crippen molar-refractivity contribution in [2.75, 3.05) is 46.8 Å². The van der Waals surface area contributed by atoms with Gasteiger partial charge in [-0.3, -0.25) is 19.3 Å². The van der Waals surface area contributed by atoms with Gasteiger partial charge in [0.1, 0.15) is 22.8 Å². The molecule has 0 aromatic heterocycles. The van der Waals surface area contributed by atoms with E-state index in [4.69, 9.17) is 15.2 Å². The summed E-state index contributed by atoms with van der Waals surface area (Å²) < 4.78 is 11.8. The molecule has 0 bridgehead atoms. The molecule has 0 heterocycles. The molecule has 4 N–H and O–H groups in total. The summed E-state index contributed by atoms with van der Waals surface area (Å²) in [5.74, 6) is -4.32. The number of methoxy groups -OCH3 is 1. The molecule has 0 unspecified atom stereocenters. The number of ketones is 2. The Hall–Kier alpha value is -3.37. The molecule has 0 saturated heterocycles. The van der Waals surface area contributed by atoms with Gasteiger partial charge in [-0.2, -0.15) is 0 Å². The molecule has 206 valence electrons. The number of likely N-dealkylation sites (N-methyl/N-ethyl adjacent to an activating group) is 1. The van der Waals surface area contributed by atoms with Crippen molar-refractivity contribution in [1.29, 1.82) is 0 Å². The molecule has 1 fully saturated rings.